The molecule has 0 fully saturated rings. The molecule has 1 aromatic heterocycles. The van der Waals surface area contributed by atoms with E-state index in [9.17, 15) is 45.5 Å². The summed E-state index contributed by atoms with van der Waals surface area (Å²) in [6, 6.07) is 14.5. The van der Waals surface area contributed by atoms with Crippen molar-refractivity contribution in [3.63, 3.8) is 0 Å². The molecule has 4 aromatic carbocycles. The van der Waals surface area contributed by atoms with Gasteiger partial charge in [0.05, 0.1) is 33.5 Å². The molecule has 1 atom stereocenters. The van der Waals surface area contributed by atoms with Gasteiger partial charge in [0.15, 0.2) is 0 Å². The van der Waals surface area contributed by atoms with Crippen molar-refractivity contribution in [2.24, 2.45) is 0 Å². The normalized spacial score (nSPS) is 15.7. The van der Waals surface area contributed by atoms with Gasteiger partial charge in [-0.25, -0.2) is 4.90 Å². The van der Waals surface area contributed by atoms with Gasteiger partial charge in [0.2, 0.25) is 11.8 Å². The Morgan fingerprint density at radius 3 is 1.65 bits per heavy atom. The third kappa shape index (κ3) is 5.09. The third-order valence-corrected chi connectivity index (χ3v) is 9.60. The number of hydrogen-bond donors (Lipinski definition) is 0. The monoisotopic (exact) mass is 718 g/mol. The van der Waals surface area contributed by atoms with Gasteiger partial charge < -0.3 is 4.42 Å². The second kappa shape index (κ2) is 11.4. The summed E-state index contributed by atoms with van der Waals surface area (Å²) in [5.41, 5.74) is -4.07. The zero-order valence-electron chi connectivity index (χ0n) is 27.5. The number of benzene rings is 4. The Bertz CT molecular complexity index is 2400. The van der Waals surface area contributed by atoms with E-state index < -0.39 is 47.0 Å². The van der Waals surface area contributed by atoms with Crippen LogP contribution in [0.1, 0.15) is 76.2 Å². The zero-order chi connectivity index (χ0) is 37.7. The summed E-state index contributed by atoms with van der Waals surface area (Å²) in [5, 5.41) is 7.82. The molecule has 0 N–H and O–H groups in total. The number of carbonyl (C=O) groups excluding carboxylic acids is 4. The van der Waals surface area contributed by atoms with Crippen molar-refractivity contribution in [1.29, 1.82) is 0 Å². The van der Waals surface area contributed by atoms with Crippen LogP contribution in [0.5, 0.6) is 0 Å². The van der Waals surface area contributed by atoms with Crippen LogP contribution >= 0.6 is 0 Å². The molecule has 52 heavy (non-hydrogen) atoms. The molecule has 7 rings (SSSR count). The third-order valence-electron chi connectivity index (χ3n) is 9.60. The van der Waals surface area contributed by atoms with Gasteiger partial charge in [0.25, 0.3) is 23.6 Å². The Labute approximate surface area is 290 Å². The fourth-order valence-electron chi connectivity index (χ4n) is 6.49. The molecule has 2 aliphatic rings. The first-order valence-corrected chi connectivity index (χ1v) is 15.5. The van der Waals surface area contributed by atoms with Gasteiger partial charge in [-0.3, -0.25) is 24.1 Å². The fraction of sp³-hybridized carbons (Fsp3) is 0.189. The molecule has 0 saturated heterocycles. The van der Waals surface area contributed by atoms with Crippen LogP contribution in [-0.2, 0) is 11.6 Å². The number of halogens is 6. The molecule has 5 aromatic rings. The first-order chi connectivity index (χ1) is 24.3. The van der Waals surface area contributed by atoms with Crippen LogP contribution in [0.4, 0.5) is 32.0 Å². The van der Waals surface area contributed by atoms with Gasteiger partial charge in [0.1, 0.15) is 5.41 Å². The first-order valence-electron chi connectivity index (χ1n) is 15.5. The number of rotatable bonds is 5. The summed E-state index contributed by atoms with van der Waals surface area (Å²) < 4.78 is 90.9. The van der Waals surface area contributed by atoms with E-state index in [0.717, 1.165) is 59.2 Å². The highest BCUT2D eigenvalue weighted by Gasteiger charge is 2.55. The highest BCUT2D eigenvalue weighted by Crippen LogP contribution is 2.48. The number of anilines is 1. The van der Waals surface area contributed by atoms with E-state index >= 15 is 0 Å². The lowest BCUT2D eigenvalue weighted by molar-refractivity contribution is -0.173. The smallest absolute Gasteiger partial charge is 0.416 e. The van der Waals surface area contributed by atoms with E-state index in [1.54, 1.807) is 6.92 Å². The Balaban J connectivity index is 1.20. The van der Waals surface area contributed by atoms with Crippen molar-refractivity contribution >= 4 is 29.3 Å². The minimum atomic E-state index is -4.94. The summed E-state index contributed by atoms with van der Waals surface area (Å²) in [7, 11) is 1.23. The van der Waals surface area contributed by atoms with Crippen LogP contribution < -0.4 is 4.90 Å². The van der Waals surface area contributed by atoms with Gasteiger partial charge in [-0.15, -0.1) is 10.2 Å². The molecule has 15 heteroatoms. The van der Waals surface area contributed by atoms with Crippen molar-refractivity contribution in [2.75, 3.05) is 11.9 Å². The molecule has 1 unspecified atom stereocenters. The fourth-order valence-corrected chi connectivity index (χ4v) is 6.49. The summed E-state index contributed by atoms with van der Waals surface area (Å²) >= 11 is 0. The molecule has 0 spiro atoms. The van der Waals surface area contributed by atoms with Crippen LogP contribution in [0, 0.1) is 13.8 Å². The Kier molecular flexibility index (Phi) is 7.56. The number of fused-ring (bicyclic) bond motifs is 2. The lowest BCUT2D eigenvalue weighted by Gasteiger charge is -2.33. The highest BCUT2D eigenvalue weighted by molar-refractivity contribution is 6.34. The van der Waals surface area contributed by atoms with Gasteiger partial charge in [-0.2, -0.15) is 26.3 Å². The van der Waals surface area contributed by atoms with Crippen molar-refractivity contribution in [3.05, 3.63) is 123 Å². The van der Waals surface area contributed by atoms with E-state index in [1.807, 2.05) is 0 Å². The average molecular weight is 719 g/mol. The quantitative estimate of drug-likeness (QED) is 0.134. The molecular weight excluding hydrogens is 694 g/mol. The number of aromatic nitrogens is 2. The van der Waals surface area contributed by atoms with Crippen molar-refractivity contribution in [3.8, 4) is 22.9 Å². The minimum Gasteiger partial charge on any atom is -0.416 e. The van der Waals surface area contributed by atoms with Gasteiger partial charge in [-0.05, 0) is 97.6 Å². The van der Waals surface area contributed by atoms with Crippen LogP contribution in [0.3, 0.4) is 0 Å². The first kappa shape index (κ1) is 34.3. The number of hydrogen-bond acceptors (Lipinski definition) is 7. The minimum absolute atomic E-state index is 0.0182. The van der Waals surface area contributed by atoms with E-state index in [0.29, 0.717) is 11.1 Å². The van der Waals surface area contributed by atoms with Crippen molar-refractivity contribution in [1.82, 2.24) is 15.1 Å². The number of imide groups is 2. The standard InChI is InChI=1S/C37H24F6N4O5/c1-17-5-6-20(14-27(17)36(38,39)40)30-45-44-29(52-30)19-7-12-28(18(2)13-19)47-33(50)24-11-9-22(16-26(24)34(47)51)35(3,37(41,42)43)21-8-10-23-25(15-21)32(49)46(4)31(23)48/h5-16H,1-4H3. The van der Waals surface area contributed by atoms with Gasteiger partial charge in [-0.1, -0.05) is 18.2 Å². The molecule has 2 aliphatic heterocycles. The predicted octanol–water partition coefficient (Wildman–Crippen LogP) is 7.93. The van der Waals surface area contributed by atoms with Crippen LogP contribution in [0.2, 0.25) is 0 Å². The number of amides is 4. The van der Waals surface area contributed by atoms with Crippen molar-refractivity contribution in [2.45, 2.75) is 38.5 Å². The van der Waals surface area contributed by atoms with Crippen LogP contribution in [0.15, 0.2) is 77.2 Å². The van der Waals surface area contributed by atoms with Crippen LogP contribution in [-0.4, -0.2) is 51.9 Å². The van der Waals surface area contributed by atoms with E-state index in [4.69, 9.17) is 4.42 Å². The maximum atomic E-state index is 15.0. The number of nitrogens with zero attached hydrogens (tertiary/aromatic N) is 4. The molecule has 0 saturated carbocycles. The second-order valence-electron chi connectivity index (χ2n) is 12.7. The number of aryl methyl sites for hydroxylation is 2. The molecule has 0 bridgehead atoms. The molecule has 0 aliphatic carbocycles. The van der Waals surface area contributed by atoms with Crippen molar-refractivity contribution < 1.29 is 49.9 Å². The molecule has 3 heterocycles. The predicted molar refractivity (Wildman–Crippen MR) is 173 cm³/mol. The van der Waals surface area contributed by atoms with Gasteiger partial charge in [0, 0.05) is 18.2 Å². The topological polar surface area (TPSA) is 114 Å². The molecular formula is C37H24F6N4O5. The molecule has 264 valence electrons. The molecule has 9 nitrogen and oxygen atoms in total. The van der Waals surface area contributed by atoms with E-state index in [1.165, 1.54) is 44.3 Å². The highest BCUT2D eigenvalue weighted by atomic mass is 19.4. The van der Waals surface area contributed by atoms with Crippen LogP contribution in [0.25, 0.3) is 22.9 Å². The molecule has 0 radical (unpaired) electrons. The lowest BCUT2D eigenvalue weighted by atomic mass is 9.74. The lowest BCUT2D eigenvalue weighted by Crippen LogP contribution is -2.41. The SMILES string of the molecule is Cc1cc(-c2nnc(-c3ccc(C)c(C(F)(F)F)c3)o2)ccc1N1C(=O)c2ccc(C(C)(c3ccc4c(c3)C(=O)N(C)C4=O)C(F)(F)F)cc2C1=O. The number of alkyl halides is 6. The summed E-state index contributed by atoms with van der Waals surface area (Å²) in [6.07, 6.45) is -9.54. The summed E-state index contributed by atoms with van der Waals surface area (Å²) in [4.78, 5) is 53.9. The maximum Gasteiger partial charge on any atom is 0.416 e. The Morgan fingerprint density at radius 2 is 1.10 bits per heavy atom. The molecule has 4 amide bonds. The largest absolute Gasteiger partial charge is 0.416 e. The zero-order valence-corrected chi connectivity index (χ0v) is 27.5. The second-order valence-corrected chi connectivity index (χ2v) is 12.7. The number of carbonyl (C=O) groups is 4. The van der Waals surface area contributed by atoms with E-state index in [2.05, 4.69) is 10.2 Å². The summed E-state index contributed by atoms with van der Waals surface area (Å²) in [5.74, 6) is -3.27. The van der Waals surface area contributed by atoms with Gasteiger partial charge >= 0.3 is 12.4 Å². The Morgan fingerprint density at radius 1 is 0.596 bits per heavy atom. The summed E-state index contributed by atoms with van der Waals surface area (Å²) in [6.45, 7) is 3.78. The average Bonchev–Trinajstić information content (AvgIpc) is 3.74. The van der Waals surface area contributed by atoms with E-state index in [-0.39, 0.29) is 62.0 Å². The Hall–Kier alpha value is -6.12. The maximum absolute atomic E-state index is 15.0.